The molecule has 0 N–H and O–H groups in total. The van der Waals surface area contributed by atoms with E-state index in [1.165, 1.54) is 32.1 Å². The molecule has 0 aromatic rings. The van der Waals surface area contributed by atoms with Crippen LogP contribution in [0, 0.1) is 34.0 Å². The fourth-order valence-electron chi connectivity index (χ4n) is 6.63. The van der Waals surface area contributed by atoms with Gasteiger partial charge in [-0.2, -0.15) is 0 Å². The van der Waals surface area contributed by atoms with E-state index in [2.05, 4.69) is 20.8 Å². The molecule has 4 rings (SSSR count). The molecule has 0 aromatic carbocycles. The second-order valence-electron chi connectivity index (χ2n) is 9.72. The Hall–Kier alpha value is 0.130. The van der Waals surface area contributed by atoms with Gasteiger partial charge in [-0.1, -0.05) is 32.4 Å². The zero-order chi connectivity index (χ0) is 13.7. The quantitative estimate of drug-likeness (QED) is 0.649. The topological polar surface area (TPSA) is 0 Å². The highest BCUT2D eigenvalue weighted by molar-refractivity contribution is 6.40. The zero-order valence-electron chi connectivity index (χ0n) is 12.8. The first-order valence-corrected chi connectivity index (χ1v) is 8.24. The molecule has 0 aliphatic heterocycles. The number of hydrogen-bond acceptors (Lipinski definition) is 0. The maximum atomic E-state index is 6.55. The van der Waals surface area contributed by atoms with Gasteiger partial charge in [0.2, 0.25) is 0 Å². The molecule has 100 valence electrons. The van der Waals surface area contributed by atoms with Crippen LogP contribution in [0.4, 0.5) is 0 Å². The first kappa shape index (κ1) is 12.8. The van der Waals surface area contributed by atoms with Gasteiger partial charge in [-0.25, -0.2) is 0 Å². The fourth-order valence-corrected chi connectivity index (χ4v) is 6.63. The molecule has 19 heavy (non-hydrogen) atoms. The molecule has 3 bridgehead atoms. The van der Waals surface area contributed by atoms with Crippen LogP contribution in [0.3, 0.4) is 0 Å². The van der Waals surface area contributed by atoms with Crippen molar-refractivity contribution in [3.8, 4) is 0 Å². The molecule has 4 saturated carbocycles. The van der Waals surface area contributed by atoms with Crippen molar-refractivity contribution in [2.75, 3.05) is 0 Å². The van der Waals surface area contributed by atoms with Crippen LogP contribution in [-0.2, 0) is 0 Å². The summed E-state index contributed by atoms with van der Waals surface area (Å²) in [5.74, 6) is 3.11. The molecule has 4 radical (unpaired) electrons. The van der Waals surface area contributed by atoms with Crippen LogP contribution in [-0.4, -0.2) is 15.7 Å². The number of rotatable bonds is 2. The van der Waals surface area contributed by atoms with E-state index in [1.807, 2.05) is 0 Å². The first-order valence-electron chi connectivity index (χ1n) is 8.24. The van der Waals surface area contributed by atoms with Crippen molar-refractivity contribution >= 4 is 15.7 Å². The lowest BCUT2D eigenvalue weighted by Gasteiger charge is -2.51. The summed E-state index contributed by atoms with van der Waals surface area (Å²) in [6, 6.07) is 0. The Kier molecular flexibility index (Phi) is 2.23. The molecule has 0 nitrogen and oxygen atoms in total. The van der Waals surface area contributed by atoms with Gasteiger partial charge in [0.15, 0.2) is 0 Å². The van der Waals surface area contributed by atoms with E-state index in [1.54, 1.807) is 6.42 Å². The van der Waals surface area contributed by atoms with Crippen molar-refractivity contribution in [3.05, 3.63) is 0 Å². The molecular weight excluding hydrogens is 226 g/mol. The van der Waals surface area contributed by atoms with Gasteiger partial charge < -0.3 is 0 Å². The minimum absolute atomic E-state index is 0.00303. The highest BCUT2D eigenvalue weighted by Gasteiger charge is 2.70. The van der Waals surface area contributed by atoms with Gasteiger partial charge in [-0.3, -0.25) is 0 Å². The van der Waals surface area contributed by atoms with Gasteiger partial charge in [0.25, 0.3) is 0 Å². The van der Waals surface area contributed by atoms with E-state index in [0.717, 1.165) is 29.6 Å². The van der Waals surface area contributed by atoms with Crippen molar-refractivity contribution in [2.24, 2.45) is 34.0 Å². The van der Waals surface area contributed by atoms with Crippen LogP contribution in [0.2, 0.25) is 5.21 Å². The molecule has 5 unspecified atom stereocenters. The Morgan fingerprint density at radius 1 is 1.00 bits per heavy atom. The van der Waals surface area contributed by atoms with Crippen molar-refractivity contribution < 1.29 is 0 Å². The molecule has 0 aromatic heterocycles. The van der Waals surface area contributed by atoms with Crippen LogP contribution in [0.25, 0.3) is 0 Å². The van der Waals surface area contributed by atoms with Gasteiger partial charge in [-0.05, 0) is 72.5 Å². The SMILES string of the molecule is [B]C([B])(CC12CC3CC4CC(C1)C4(C3)C2)C(C)(C)C. The van der Waals surface area contributed by atoms with Gasteiger partial charge in [0.05, 0.1) is 15.7 Å². The second-order valence-corrected chi connectivity index (χ2v) is 9.72. The molecule has 1 spiro atoms. The van der Waals surface area contributed by atoms with E-state index in [9.17, 15) is 0 Å². The predicted octanol–water partition coefficient (Wildman–Crippen LogP) is 4.09. The Labute approximate surface area is 121 Å². The highest BCUT2D eigenvalue weighted by Crippen LogP contribution is 2.80. The maximum absolute atomic E-state index is 6.55. The Balaban J connectivity index is 1.63. The summed E-state index contributed by atoms with van der Waals surface area (Å²) in [5, 5.41) is -0.514. The average molecular weight is 252 g/mol. The van der Waals surface area contributed by atoms with Crippen molar-refractivity contribution in [1.29, 1.82) is 0 Å². The summed E-state index contributed by atoms with van der Waals surface area (Å²) in [6.45, 7) is 6.60. The predicted molar refractivity (Wildman–Crippen MR) is 81.3 cm³/mol. The van der Waals surface area contributed by atoms with Gasteiger partial charge in [-0.15, -0.1) is 0 Å². The zero-order valence-corrected chi connectivity index (χ0v) is 12.8. The monoisotopic (exact) mass is 252 g/mol. The largest absolute Gasteiger partial charge is 0.0938 e. The average Bonchev–Trinajstić information content (AvgIpc) is 2.52. The lowest BCUT2D eigenvalue weighted by molar-refractivity contribution is -0.00379. The lowest BCUT2D eigenvalue weighted by atomic mass is 9.39. The van der Waals surface area contributed by atoms with Crippen LogP contribution in [0.15, 0.2) is 0 Å². The number of hydrogen-bond donors (Lipinski definition) is 0. The lowest BCUT2D eigenvalue weighted by Crippen LogP contribution is -2.42. The van der Waals surface area contributed by atoms with E-state index in [4.69, 9.17) is 15.7 Å². The summed E-state index contributed by atoms with van der Waals surface area (Å²) in [6.07, 6.45) is 9.96. The summed E-state index contributed by atoms with van der Waals surface area (Å²) in [7, 11) is 13.1. The normalized spacial score (nSPS) is 51.2. The fraction of sp³-hybridized carbons (Fsp3) is 1.00. The van der Waals surface area contributed by atoms with Crippen LogP contribution in [0.5, 0.6) is 0 Å². The Morgan fingerprint density at radius 2 is 1.74 bits per heavy atom. The molecule has 2 heteroatoms. The minimum Gasteiger partial charge on any atom is -0.0938 e. The molecule has 0 amide bonds. The molecule has 4 aliphatic rings. The standard InChI is InChI=1S/C17H26B2/c1-14(2,3)17(18,19)10-15-6-11-4-12-5-13(8-15)16(12,7-11)9-15/h11-13H,4-10H2,1-3H3. The molecule has 0 heterocycles. The smallest absolute Gasteiger partial charge is 0.0627 e. The summed E-state index contributed by atoms with van der Waals surface area (Å²) in [5.41, 5.74) is 1.25. The van der Waals surface area contributed by atoms with Crippen molar-refractivity contribution in [1.82, 2.24) is 0 Å². The Bertz CT molecular complexity index is 417. The van der Waals surface area contributed by atoms with Gasteiger partial charge in [0.1, 0.15) is 0 Å². The van der Waals surface area contributed by atoms with E-state index in [-0.39, 0.29) is 5.41 Å². The van der Waals surface area contributed by atoms with Crippen molar-refractivity contribution in [2.45, 2.75) is 70.9 Å². The molecule has 0 saturated heterocycles. The molecule has 5 atom stereocenters. The second kappa shape index (κ2) is 3.30. The van der Waals surface area contributed by atoms with Crippen LogP contribution < -0.4 is 0 Å². The number of fused-ring (bicyclic) bond motifs is 2. The summed E-state index contributed by atoms with van der Waals surface area (Å²) in [4.78, 5) is 0. The third kappa shape index (κ3) is 1.50. The van der Waals surface area contributed by atoms with E-state index >= 15 is 0 Å². The van der Waals surface area contributed by atoms with Crippen LogP contribution in [0.1, 0.15) is 65.7 Å². The summed E-state index contributed by atoms with van der Waals surface area (Å²) >= 11 is 0. The van der Waals surface area contributed by atoms with Gasteiger partial charge >= 0.3 is 0 Å². The van der Waals surface area contributed by atoms with Crippen LogP contribution >= 0.6 is 0 Å². The summed E-state index contributed by atoms with van der Waals surface area (Å²) < 4.78 is 0. The van der Waals surface area contributed by atoms with Gasteiger partial charge in [0, 0.05) is 0 Å². The Morgan fingerprint density at radius 3 is 2.42 bits per heavy atom. The van der Waals surface area contributed by atoms with Crippen molar-refractivity contribution in [3.63, 3.8) is 0 Å². The third-order valence-electron chi connectivity index (χ3n) is 7.65. The molecule has 4 fully saturated rings. The molecule has 4 aliphatic carbocycles. The maximum Gasteiger partial charge on any atom is 0.0627 e. The molecular formula is C17H26B2. The third-order valence-corrected chi connectivity index (χ3v) is 7.65. The minimum atomic E-state index is -0.514. The highest BCUT2D eigenvalue weighted by atomic mass is 14.7. The van der Waals surface area contributed by atoms with E-state index in [0.29, 0.717) is 5.41 Å². The van der Waals surface area contributed by atoms with E-state index < -0.39 is 5.21 Å². The first-order chi connectivity index (χ1) is 8.66.